The number of rotatable bonds is 2. The summed E-state index contributed by atoms with van der Waals surface area (Å²) in [5.74, 6) is -1.20. The van der Waals surface area contributed by atoms with Gasteiger partial charge in [0.05, 0.1) is 17.2 Å². The number of carbonyl (C=O) groups excluding carboxylic acids is 1. The van der Waals surface area contributed by atoms with Crippen molar-refractivity contribution in [1.82, 2.24) is 0 Å². The van der Waals surface area contributed by atoms with Gasteiger partial charge in [0.15, 0.2) is 0 Å². The average Bonchev–Trinajstić information content (AvgIpc) is 2.77. The van der Waals surface area contributed by atoms with Gasteiger partial charge in [-0.15, -0.1) is 13.2 Å². The number of alkyl halides is 3. The van der Waals surface area contributed by atoms with Gasteiger partial charge in [-0.2, -0.15) is 10.0 Å². The molecule has 0 radical (unpaired) electrons. The van der Waals surface area contributed by atoms with Crippen LogP contribution in [0.25, 0.3) is 0 Å². The second-order valence-corrected chi connectivity index (χ2v) is 4.89. The second kappa shape index (κ2) is 5.38. The van der Waals surface area contributed by atoms with Gasteiger partial charge in [0, 0.05) is 6.07 Å². The van der Waals surface area contributed by atoms with E-state index in [0.717, 1.165) is 12.1 Å². The fraction of sp³-hybridized carbons (Fsp3) is 0.0625. The highest BCUT2D eigenvalue weighted by atomic mass is 19.4. The highest BCUT2D eigenvalue weighted by Gasteiger charge is 2.37. The first-order valence-electron chi connectivity index (χ1n) is 6.59. The lowest BCUT2D eigenvalue weighted by atomic mass is 10.0. The van der Waals surface area contributed by atoms with Crippen LogP contribution in [0.3, 0.4) is 0 Å². The number of ketones is 1. The van der Waals surface area contributed by atoms with Gasteiger partial charge in [-0.3, -0.25) is 4.79 Å². The Labute approximate surface area is 133 Å². The first-order valence-corrected chi connectivity index (χ1v) is 6.59. The summed E-state index contributed by atoms with van der Waals surface area (Å²) < 4.78 is 41.0. The van der Waals surface area contributed by atoms with Crippen LogP contribution in [0.15, 0.2) is 42.5 Å². The Hall–Kier alpha value is -3.34. The Morgan fingerprint density at radius 1 is 1.17 bits per heavy atom. The SMILES string of the molecule is N#Cc1ccc2c(c1)C(=O)C(c1cccc(OC(F)(F)F)c1)=[N+]2[O-]. The van der Waals surface area contributed by atoms with E-state index in [-0.39, 0.29) is 28.1 Å². The van der Waals surface area contributed by atoms with E-state index in [2.05, 4.69) is 4.74 Å². The maximum absolute atomic E-state index is 12.4. The summed E-state index contributed by atoms with van der Waals surface area (Å²) in [4.78, 5) is 12.4. The number of carbonyl (C=O) groups is 1. The predicted octanol–water partition coefficient (Wildman–Crippen LogP) is 3.28. The first-order chi connectivity index (χ1) is 11.3. The lowest BCUT2D eigenvalue weighted by Gasteiger charge is -2.09. The van der Waals surface area contributed by atoms with Gasteiger partial charge >= 0.3 is 6.36 Å². The van der Waals surface area contributed by atoms with Gasteiger partial charge in [0.2, 0.25) is 5.69 Å². The predicted molar refractivity (Wildman–Crippen MR) is 76.0 cm³/mol. The molecule has 0 atom stereocenters. The number of halogens is 3. The lowest BCUT2D eigenvalue weighted by molar-refractivity contribution is -0.355. The quantitative estimate of drug-likeness (QED) is 0.625. The van der Waals surface area contributed by atoms with Crippen molar-refractivity contribution in [2.75, 3.05) is 0 Å². The zero-order valence-corrected chi connectivity index (χ0v) is 11.8. The van der Waals surface area contributed by atoms with Gasteiger partial charge < -0.3 is 9.94 Å². The Bertz CT molecular complexity index is 927. The molecule has 0 aliphatic carbocycles. The molecule has 2 aromatic carbocycles. The maximum atomic E-state index is 12.4. The van der Waals surface area contributed by atoms with Crippen LogP contribution in [0.5, 0.6) is 5.75 Å². The molecule has 0 spiro atoms. The standard InChI is InChI=1S/C16H7F3N2O3/c17-16(18,19)24-11-3-1-2-10(7-11)14-15(22)12-6-9(8-20)4-5-13(12)21(14)23/h1-7H. The molecular formula is C16H7F3N2O3. The molecule has 120 valence electrons. The van der Waals surface area contributed by atoms with Crippen LogP contribution >= 0.6 is 0 Å². The van der Waals surface area contributed by atoms with Crippen LogP contribution in [0.2, 0.25) is 0 Å². The van der Waals surface area contributed by atoms with Crippen LogP contribution in [0.4, 0.5) is 18.9 Å². The highest BCUT2D eigenvalue weighted by Crippen LogP contribution is 2.30. The van der Waals surface area contributed by atoms with Crippen molar-refractivity contribution < 1.29 is 27.4 Å². The molecule has 0 unspecified atom stereocenters. The topological polar surface area (TPSA) is 76.2 Å². The van der Waals surface area contributed by atoms with E-state index in [1.807, 2.05) is 6.07 Å². The fourth-order valence-electron chi connectivity index (χ4n) is 2.39. The molecule has 0 fully saturated rings. The van der Waals surface area contributed by atoms with E-state index >= 15 is 0 Å². The van der Waals surface area contributed by atoms with Crippen molar-refractivity contribution in [3.63, 3.8) is 0 Å². The van der Waals surface area contributed by atoms with Crippen molar-refractivity contribution in [2.45, 2.75) is 6.36 Å². The van der Waals surface area contributed by atoms with E-state index in [4.69, 9.17) is 5.26 Å². The van der Waals surface area contributed by atoms with Gasteiger partial charge in [-0.1, -0.05) is 6.07 Å². The highest BCUT2D eigenvalue weighted by molar-refractivity contribution is 6.52. The van der Waals surface area contributed by atoms with E-state index in [9.17, 15) is 23.2 Å². The molecule has 0 amide bonds. The molecular weight excluding hydrogens is 325 g/mol. The molecule has 0 saturated heterocycles. The molecule has 0 bridgehead atoms. The molecule has 0 N–H and O–H groups in total. The summed E-state index contributed by atoms with van der Waals surface area (Å²) in [6, 6.07) is 10.4. The Balaban J connectivity index is 2.05. The van der Waals surface area contributed by atoms with Crippen molar-refractivity contribution in [1.29, 1.82) is 5.26 Å². The summed E-state index contributed by atoms with van der Waals surface area (Å²) >= 11 is 0. The van der Waals surface area contributed by atoms with Crippen molar-refractivity contribution >= 4 is 17.2 Å². The molecule has 0 saturated carbocycles. The summed E-state index contributed by atoms with van der Waals surface area (Å²) in [5, 5.41) is 21.2. The Morgan fingerprint density at radius 3 is 2.58 bits per heavy atom. The summed E-state index contributed by atoms with van der Waals surface area (Å²) in [6.45, 7) is 0. The zero-order chi connectivity index (χ0) is 17.5. The van der Waals surface area contributed by atoms with Crippen LogP contribution < -0.4 is 4.74 Å². The van der Waals surface area contributed by atoms with Crippen LogP contribution in [0, 0.1) is 16.5 Å². The Kier molecular flexibility index (Phi) is 3.49. The molecule has 2 aromatic rings. The van der Waals surface area contributed by atoms with E-state index < -0.39 is 17.9 Å². The zero-order valence-electron chi connectivity index (χ0n) is 11.8. The minimum atomic E-state index is -4.88. The monoisotopic (exact) mass is 332 g/mol. The second-order valence-electron chi connectivity index (χ2n) is 4.89. The number of ether oxygens (including phenoxy) is 1. The van der Waals surface area contributed by atoms with Crippen LogP contribution in [-0.4, -0.2) is 22.6 Å². The molecule has 24 heavy (non-hydrogen) atoms. The van der Waals surface area contributed by atoms with E-state index in [1.54, 1.807) is 0 Å². The van der Waals surface area contributed by atoms with Gasteiger partial charge in [0.1, 0.15) is 11.3 Å². The Morgan fingerprint density at radius 2 is 1.92 bits per heavy atom. The molecule has 8 heteroatoms. The third-order valence-electron chi connectivity index (χ3n) is 3.35. The number of hydrogen-bond acceptors (Lipinski definition) is 4. The number of Topliss-reactive ketones (excluding diaryl/α,β-unsaturated/α-hetero) is 1. The third-order valence-corrected chi connectivity index (χ3v) is 3.35. The summed E-state index contributed by atoms with van der Waals surface area (Å²) in [6.07, 6.45) is -4.88. The molecule has 1 heterocycles. The van der Waals surface area contributed by atoms with Gasteiger partial charge in [0.25, 0.3) is 11.5 Å². The first kappa shape index (κ1) is 15.6. The lowest BCUT2D eigenvalue weighted by Crippen LogP contribution is -2.19. The normalized spacial score (nSPS) is 13.7. The van der Waals surface area contributed by atoms with Crippen LogP contribution in [-0.2, 0) is 0 Å². The van der Waals surface area contributed by atoms with Crippen LogP contribution in [0.1, 0.15) is 21.5 Å². The van der Waals surface area contributed by atoms with Gasteiger partial charge in [-0.05, 0) is 30.3 Å². The largest absolute Gasteiger partial charge is 0.618 e. The van der Waals surface area contributed by atoms with Gasteiger partial charge in [-0.25, -0.2) is 0 Å². The minimum absolute atomic E-state index is 0.00791. The van der Waals surface area contributed by atoms with Crippen molar-refractivity contribution in [2.24, 2.45) is 0 Å². The summed E-state index contributed by atoms with van der Waals surface area (Å²) in [5.41, 5.74) is -0.0672. The van der Waals surface area contributed by atoms with E-state index in [1.165, 1.54) is 30.3 Å². The molecule has 1 aliphatic rings. The maximum Gasteiger partial charge on any atom is 0.573 e. The fourth-order valence-corrected chi connectivity index (χ4v) is 2.39. The number of benzene rings is 2. The smallest absolute Gasteiger partial charge is 0.573 e. The molecule has 5 nitrogen and oxygen atoms in total. The third kappa shape index (κ3) is 2.67. The molecule has 1 aliphatic heterocycles. The average molecular weight is 332 g/mol. The summed E-state index contributed by atoms with van der Waals surface area (Å²) in [7, 11) is 0. The molecule has 3 rings (SSSR count). The number of nitrogens with zero attached hydrogens (tertiary/aromatic N) is 2. The minimum Gasteiger partial charge on any atom is -0.618 e. The molecule has 0 aromatic heterocycles. The van der Waals surface area contributed by atoms with E-state index in [0.29, 0.717) is 4.74 Å². The number of hydrogen-bond donors (Lipinski definition) is 0. The number of nitriles is 1. The number of fused-ring (bicyclic) bond motifs is 1. The van der Waals surface area contributed by atoms with Crippen molar-refractivity contribution in [3.8, 4) is 11.8 Å². The van der Waals surface area contributed by atoms with Crippen molar-refractivity contribution in [3.05, 3.63) is 64.4 Å².